The number of ether oxygens (including phenoxy) is 1. The summed E-state index contributed by atoms with van der Waals surface area (Å²) in [5.41, 5.74) is 3.70. The van der Waals surface area contributed by atoms with Gasteiger partial charge in [0.1, 0.15) is 5.75 Å². The Morgan fingerprint density at radius 2 is 1.80 bits per heavy atom. The number of hydrogen-bond donors (Lipinski definition) is 2. The number of methoxy groups -OCH3 is 1. The van der Waals surface area contributed by atoms with Crippen molar-refractivity contribution in [3.63, 3.8) is 0 Å². The van der Waals surface area contributed by atoms with Gasteiger partial charge >= 0.3 is 0 Å². The lowest BCUT2D eigenvalue weighted by Crippen LogP contribution is -2.52. The van der Waals surface area contributed by atoms with E-state index in [0.29, 0.717) is 0 Å². The van der Waals surface area contributed by atoms with Crippen molar-refractivity contribution in [3.05, 3.63) is 60.3 Å². The van der Waals surface area contributed by atoms with Gasteiger partial charge in [-0.05, 0) is 30.2 Å². The second kappa shape index (κ2) is 10.6. The molecule has 0 bridgehead atoms. The molecule has 0 saturated carbocycles. The lowest BCUT2D eigenvalue weighted by Gasteiger charge is -2.38. The van der Waals surface area contributed by atoms with Gasteiger partial charge in [0, 0.05) is 56.9 Å². The summed E-state index contributed by atoms with van der Waals surface area (Å²) in [6, 6.07) is 16.7. The van der Waals surface area contributed by atoms with Gasteiger partial charge in [-0.2, -0.15) is 0 Å². The fourth-order valence-corrected chi connectivity index (χ4v) is 4.03. The van der Waals surface area contributed by atoms with E-state index in [-0.39, 0.29) is 24.0 Å². The first-order chi connectivity index (χ1) is 14.3. The minimum atomic E-state index is 0. The van der Waals surface area contributed by atoms with E-state index in [9.17, 15) is 0 Å². The number of guanidine groups is 1. The highest BCUT2D eigenvalue weighted by Gasteiger charge is 2.21. The van der Waals surface area contributed by atoms with E-state index in [4.69, 9.17) is 4.74 Å². The Labute approximate surface area is 195 Å². The highest BCUT2D eigenvalue weighted by Crippen LogP contribution is 2.28. The summed E-state index contributed by atoms with van der Waals surface area (Å²) in [4.78, 5) is 12.6. The SMILES string of the molecule is CN=C(NCCc1c[nH]c2ccccc12)N1CCN(c2ccccc2OC)CC1.I. The van der Waals surface area contributed by atoms with Crippen LogP contribution in [0.1, 0.15) is 5.56 Å². The number of benzene rings is 2. The molecule has 0 unspecified atom stereocenters. The van der Waals surface area contributed by atoms with Crippen LogP contribution in [-0.4, -0.2) is 62.7 Å². The molecular formula is C23H30IN5O. The van der Waals surface area contributed by atoms with Crippen LogP contribution in [0.5, 0.6) is 5.75 Å². The van der Waals surface area contributed by atoms with Crippen molar-refractivity contribution in [2.24, 2.45) is 4.99 Å². The minimum Gasteiger partial charge on any atom is -0.495 e. The Morgan fingerprint density at radius 1 is 1.07 bits per heavy atom. The number of nitrogens with one attached hydrogen (secondary N) is 2. The van der Waals surface area contributed by atoms with Gasteiger partial charge in [-0.15, -0.1) is 24.0 Å². The molecule has 30 heavy (non-hydrogen) atoms. The number of aromatic nitrogens is 1. The number of rotatable bonds is 5. The number of aromatic amines is 1. The molecule has 2 N–H and O–H groups in total. The number of nitrogens with zero attached hydrogens (tertiary/aromatic N) is 3. The minimum absolute atomic E-state index is 0. The van der Waals surface area contributed by atoms with E-state index in [0.717, 1.165) is 56.5 Å². The molecule has 1 aliphatic heterocycles. The standard InChI is InChI=1S/C23H29N5O.HI/c1-24-23(25-12-11-18-17-26-20-8-4-3-7-19(18)20)28-15-13-27(14-16-28)21-9-5-6-10-22(21)29-2;/h3-10,17,26H,11-16H2,1-2H3,(H,24,25);1H. The second-order valence-electron chi connectivity index (χ2n) is 7.23. The van der Waals surface area contributed by atoms with Crippen molar-refractivity contribution >= 4 is 46.5 Å². The third-order valence-corrected chi connectivity index (χ3v) is 5.57. The van der Waals surface area contributed by atoms with Crippen LogP contribution in [0.3, 0.4) is 0 Å². The molecule has 1 saturated heterocycles. The van der Waals surface area contributed by atoms with Crippen LogP contribution in [0.4, 0.5) is 5.69 Å². The summed E-state index contributed by atoms with van der Waals surface area (Å²) < 4.78 is 5.52. The predicted octanol–water partition coefficient (Wildman–Crippen LogP) is 3.73. The normalized spacial score (nSPS) is 14.5. The third kappa shape index (κ3) is 4.83. The van der Waals surface area contributed by atoms with E-state index in [1.54, 1.807) is 7.11 Å². The van der Waals surface area contributed by atoms with Gasteiger partial charge in [-0.3, -0.25) is 4.99 Å². The number of H-pyrrole nitrogens is 1. The van der Waals surface area contributed by atoms with Crippen molar-refractivity contribution < 1.29 is 4.74 Å². The first-order valence-electron chi connectivity index (χ1n) is 10.2. The van der Waals surface area contributed by atoms with Gasteiger partial charge < -0.3 is 24.8 Å². The fourth-order valence-electron chi connectivity index (χ4n) is 4.03. The molecule has 0 aliphatic carbocycles. The molecule has 1 aromatic heterocycles. The average molecular weight is 519 g/mol. The fraction of sp³-hybridized carbons (Fsp3) is 0.348. The molecule has 4 rings (SSSR count). The Hall–Kier alpha value is -2.42. The van der Waals surface area contributed by atoms with Crippen LogP contribution < -0.4 is 15.0 Å². The van der Waals surface area contributed by atoms with Gasteiger partial charge in [0.05, 0.1) is 12.8 Å². The molecule has 2 aromatic carbocycles. The first kappa shape index (κ1) is 22.3. The van der Waals surface area contributed by atoms with Gasteiger partial charge in [0.25, 0.3) is 0 Å². The molecule has 1 fully saturated rings. The summed E-state index contributed by atoms with van der Waals surface area (Å²) in [7, 11) is 3.59. The van der Waals surface area contributed by atoms with Crippen molar-refractivity contribution in [1.29, 1.82) is 0 Å². The molecule has 0 radical (unpaired) electrons. The lowest BCUT2D eigenvalue weighted by atomic mass is 10.1. The van der Waals surface area contributed by atoms with Gasteiger partial charge in [0.2, 0.25) is 0 Å². The molecule has 6 nitrogen and oxygen atoms in total. The van der Waals surface area contributed by atoms with E-state index in [1.807, 2.05) is 19.2 Å². The van der Waals surface area contributed by atoms with Crippen molar-refractivity contribution in [1.82, 2.24) is 15.2 Å². The molecule has 160 valence electrons. The van der Waals surface area contributed by atoms with Crippen molar-refractivity contribution in [3.8, 4) is 5.75 Å². The van der Waals surface area contributed by atoms with Crippen molar-refractivity contribution in [2.45, 2.75) is 6.42 Å². The number of fused-ring (bicyclic) bond motifs is 1. The largest absolute Gasteiger partial charge is 0.495 e. The maximum absolute atomic E-state index is 5.52. The molecular weight excluding hydrogens is 489 g/mol. The Balaban J connectivity index is 0.00000256. The second-order valence-corrected chi connectivity index (χ2v) is 7.23. The monoisotopic (exact) mass is 519 g/mol. The molecule has 0 spiro atoms. The van der Waals surface area contributed by atoms with Crippen LogP contribution in [0.15, 0.2) is 59.7 Å². The Kier molecular flexibility index (Phi) is 7.84. The summed E-state index contributed by atoms with van der Waals surface area (Å²) in [6.45, 7) is 4.63. The summed E-state index contributed by atoms with van der Waals surface area (Å²) in [5, 5.41) is 4.84. The summed E-state index contributed by atoms with van der Waals surface area (Å²) >= 11 is 0. The molecule has 7 heteroatoms. The molecule has 2 heterocycles. The zero-order valence-electron chi connectivity index (χ0n) is 17.6. The number of hydrogen-bond acceptors (Lipinski definition) is 3. The zero-order chi connectivity index (χ0) is 20.1. The summed E-state index contributed by atoms with van der Waals surface area (Å²) in [5.74, 6) is 1.91. The molecule has 3 aromatic rings. The van der Waals surface area contributed by atoms with E-state index < -0.39 is 0 Å². The van der Waals surface area contributed by atoms with Crippen LogP contribution in [0.25, 0.3) is 10.9 Å². The number of para-hydroxylation sites is 3. The van der Waals surface area contributed by atoms with Crippen LogP contribution >= 0.6 is 24.0 Å². The van der Waals surface area contributed by atoms with E-state index >= 15 is 0 Å². The van der Waals surface area contributed by atoms with E-state index in [1.165, 1.54) is 16.5 Å². The van der Waals surface area contributed by atoms with Crippen LogP contribution in [0.2, 0.25) is 0 Å². The Bertz CT molecular complexity index is 978. The highest BCUT2D eigenvalue weighted by molar-refractivity contribution is 14.0. The maximum Gasteiger partial charge on any atom is 0.193 e. The molecule has 1 aliphatic rings. The number of aliphatic imine (C=N–C) groups is 1. The quantitative estimate of drug-likeness (QED) is 0.307. The lowest BCUT2D eigenvalue weighted by molar-refractivity contribution is 0.367. The third-order valence-electron chi connectivity index (χ3n) is 5.57. The maximum atomic E-state index is 5.52. The summed E-state index contributed by atoms with van der Waals surface area (Å²) in [6.07, 6.45) is 3.07. The van der Waals surface area contributed by atoms with E-state index in [2.05, 4.69) is 67.7 Å². The number of halogens is 1. The number of anilines is 1. The van der Waals surface area contributed by atoms with Crippen molar-refractivity contribution in [2.75, 3.05) is 51.8 Å². The van der Waals surface area contributed by atoms with Crippen LogP contribution in [-0.2, 0) is 6.42 Å². The smallest absolute Gasteiger partial charge is 0.193 e. The number of piperazine rings is 1. The zero-order valence-corrected chi connectivity index (χ0v) is 19.9. The Morgan fingerprint density at radius 3 is 2.57 bits per heavy atom. The average Bonchev–Trinajstić information content (AvgIpc) is 3.20. The van der Waals surface area contributed by atoms with Gasteiger partial charge in [-0.25, -0.2) is 0 Å². The van der Waals surface area contributed by atoms with Crippen LogP contribution in [0, 0.1) is 0 Å². The first-order valence-corrected chi connectivity index (χ1v) is 10.2. The predicted molar refractivity (Wildman–Crippen MR) is 136 cm³/mol. The molecule has 0 amide bonds. The molecule has 0 atom stereocenters. The van der Waals surface area contributed by atoms with Gasteiger partial charge in [0.15, 0.2) is 5.96 Å². The topological polar surface area (TPSA) is 55.9 Å². The van der Waals surface area contributed by atoms with Gasteiger partial charge in [-0.1, -0.05) is 30.3 Å². The highest BCUT2D eigenvalue weighted by atomic mass is 127.